The topological polar surface area (TPSA) is 86.9 Å². The zero-order valence-electron chi connectivity index (χ0n) is 18.8. The predicted octanol–water partition coefficient (Wildman–Crippen LogP) is 4.03. The van der Waals surface area contributed by atoms with E-state index >= 15 is 0 Å². The minimum atomic E-state index is -2.73. The number of carbonyl (C=O) groups is 1. The monoisotopic (exact) mass is 466 g/mol. The first-order valence-corrected chi connectivity index (χ1v) is 10.8. The maximum Gasteiger partial charge on any atom is 0.337 e. The number of fused-ring (bicyclic) bond motifs is 1. The molecule has 1 fully saturated rings. The Balaban J connectivity index is 1.84. The number of nitrogens with one attached hydrogen (secondary N) is 1. The van der Waals surface area contributed by atoms with Gasteiger partial charge in [-0.25, -0.2) is 18.6 Å². The van der Waals surface area contributed by atoms with Crippen LogP contribution in [0.25, 0.3) is 5.65 Å². The van der Waals surface area contributed by atoms with Gasteiger partial charge in [-0.15, -0.1) is 6.42 Å². The molecule has 1 unspecified atom stereocenters. The number of aromatic nitrogens is 2. The van der Waals surface area contributed by atoms with E-state index in [0.717, 1.165) is 5.56 Å². The van der Waals surface area contributed by atoms with Crippen LogP contribution in [0.4, 0.5) is 20.3 Å². The average Bonchev–Trinajstić information content (AvgIpc) is 2.80. The van der Waals surface area contributed by atoms with Gasteiger partial charge in [0.1, 0.15) is 17.5 Å². The van der Waals surface area contributed by atoms with Gasteiger partial charge >= 0.3 is 5.97 Å². The minimum Gasteiger partial charge on any atom is -0.478 e. The second-order valence-electron chi connectivity index (χ2n) is 8.47. The Bertz CT molecular complexity index is 1370. The largest absolute Gasteiger partial charge is 0.478 e. The quantitative estimate of drug-likeness (QED) is 0.552. The van der Waals surface area contributed by atoms with Gasteiger partial charge in [-0.1, -0.05) is 18.1 Å². The number of anilines is 2. The lowest BCUT2D eigenvalue weighted by atomic mass is 10.0. The van der Waals surface area contributed by atoms with Crippen LogP contribution in [0.3, 0.4) is 0 Å². The molecule has 3 aromatic rings. The third-order valence-electron chi connectivity index (χ3n) is 6.02. The molecule has 1 saturated heterocycles. The van der Waals surface area contributed by atoms with E-state index in [2.05, 4.69) is 11.2 Å². The van der Waals surface area contributed by atoms with Crippen LogP contribution in [0.1, 0.15) is 45.9 Å². The molecule has 34 heavy (non-hydrogen) atoms. The maximum atomic E-state index is 13.7. The summed E-state index contributed by atoms with van der Waals surface area (Å²) in [7, 11) is 0. The van der Waals surface area contributed by atoms with Gasteiger partial charge in [0, 0.05) is 43.4 Å². The van der Waals surface area contributed by atoms with Gasteiger partial charge in [0.2, 0.25) is 0 Å². The van der Waals surface area contributed by atoms with Crippen molar-refractivity contribution >= 4 is 23.1 Å². The molecule has 176 valence electrons. The number of para-hydroxylation sites is 1. The molecular weight excluding hydrogens is 442 g/mol. The van der Waals surface area contributed by atoms with Gasteiger partial charge in [-0.3, -0.25) is 9.20 Å². The number of hydrogen-bond donors (Lipinski definition) is 2. The highest BCUT2D eigenvalue weighted by Crippen LogP contribution is 2.32. The summed E-state index contributed by atoms with van der Waals surface area (Å²) in [5.74, 6) is -0.859. The molecule has 0 radical (unpaired) electrons. The summed E-state index contributed by atoms with van der Waals surface area (Å²) in [6.45, 7) is 3.61. The molecule has 1 aliphatic heterocycles. The number of nitrogens with zero attached hydrogens (tertiary/aromatic N) is 3. The summed E-state index contributed by atoms with van der Waals surface area (Å²) in [5.41, 5.74) is 1.97. The van der Waals surface area contributed by atoms with Crippen LogP contribution < -0.4 is 15.8 Å². The minimum absolute atomic E-state index is 0.0515. The Labute approximate surface area is 195 Å². The van der Waals surface area contributed by atoms with Crippen LogP contribution in [-0.2, 0) is 0 Å². The Morgan fingerprint density at radius 2 is 1.94 bits per heavy atom. The standard InChI is InChI=1S/C25H24F2N4O3/c1-4-19(28-20-8-6-5-7-17(20)24(33)34)18-13-15(2)14-31-22(18)29-21(16(3)23(31)32)30-11-9-25(26,27)10-12-30/h1,5-8,13-14,19,28H,9-12H2,2-3H3,(H,33,34). The number of rotatable bonds is 5. The van der Waals surface area contributed by atoms with E-state index in [1.807, 2.05) is 6.92 Å². The smallest absolute Gasteiger partial charge is 0.337 e. The van der Waals surface area contributed by atoms with Crippen LogP contribution in [0.2, 0.25) is 0 Å². The number of alkyl halides is 2. The van der Waals surface area contributed by atoms with Crippen molar-refractivity contribution in [2.75, 3.05) is 23.3 Å². The fourth-order valence-electron chi connectivity index (χ4n) is 4.21. The predicted molar refractivity (Wildman–Crippen MR) is 126 cm³/mol. The summed E-state index contributed by atoms with van der Waals surface area (Å²) >= 11 is 0. The molecule has 0 spiro atoms. The Morgan fingerprint density at radius 1 is 1.26 bits per heavy atom. The number of benzene rings is 1. The van der Waals surface area contributed by atoms with E-state index in [9.17, 15) is 23.5 Å². The Morgan fingerprint density at radius 3 is 2.59 bits per heavy atom. The molecule has 0 aliphatic carbocycles. The third-order valence-corrected chi connectivity index (χ3v) is 6.02. The van der Waals surface area contributed by atoms with E-state index in [-0.39, 0.29) is 42.7 Å². The summed E-state index contributed by atoms with van der Waals surface area (Å²) in [5, 5.41) is 12.6. The third kappa shape index (κ3) is 4.31. The van der Waals surface area contributed by atoms with Gasteiger partial charge in [-0.2, -0.15) is 0 Å². The van der Waals surface area contributed by atoms with E-state index in [4.69, 9.17) is 11.4 Å². The lowest BCUT2D eigenvalue weighted by molar-refractivity contribution is -0.0221. The van der Waals surface area contributed by atoms with Gasteiger partial charge in [0.15, 0.2) is 0 Å². The van der Waals surface area contributed by atoms with Crippen molar-refractivity contribution in [2.45, 2.75) is 38.7 Å². The normalized spacial score (nSPS) is 16.1. The van der Waals surface area contributed by atoms with Crippen LogP contribution >= 0.6 is 0 Å². The van der Waals surface area contributed by atoms with Crippen molar-refractivity contribution in [3.63, 3.8) is 0 Å². The molecule has 4 rings (SSSR count). The molecule has 1 atom stereocenters. The number of pyridine rings is 1. The van der Waals surface area contributed by atoms with Gasteiger partial charge in [-0.05, 0) is 37.6 Å². The van der Waals surface area contributed by atoms with Crippen molar-refractivity contribution in [1.29, 1.82) is 0 Å². The van der Waals surface area contributed by atoms with Crippen molar-refractivity contribution in [1.82, 2.24) is 9.38 Å². The molecule has 0 amide bonds. The lowest BCUT2D eigenvalue weighted by Gasteiger charge is -2.33. The second-order valence-corrected chi connectivity index (χ2v) is 8.47. The van der Waals surface area contributed by atoms with Crippen LogP contribution in [0.15, 0.2) is 41.3 Å². The number of aryl methyl sites for hydroxylation is 1. The summed E-state index contributed by atoms with van der Waals surface area (Å²) in [4.78, 5) is 31.3. The molecule has 2 N–H and O–H groups in total. The molecule has 2 aromatic heterocycles. The molecule has 0 saturated carbocycles. The SMILES string of the molecule is C#CC(Nc1ccccc1C(=O)O)c1cc(C)cn2c(=O)c(C)c(N3CCC(F)(F)CC3)nc12. The average molecular weight is 466 g/mol. The van der Waals surface area contributed by atoms with Crippen LogP contribution in [0.5, 0.6) is 0 Å². The van der Waals surface area contributed by atoms with Crippen LogP contribution in [0, 0.1) is 26.2 Å². The summed E-state index contributed by atoms with van der Waals surface area (Å²) < 4.78 is 28.8. The maximum absolute atomic E-state index is 13.7. The van der Waals surface area contributed by atoms with E-state index in [1.54, 1.807) is 42.3 Å². The molecule has 1 aliphatic rings. The van der Waals surface area contributed by atoms with Crippen LogP contribution in [-0.4, -0.2) is 39.5 Å². The highest BCUT2D eigenvalue weighted by molar-refractivity contribution is 5.94. The fraction of sp³-hybridized carbons (Fsp3) is 0.320. The summed E-state index contributed by atoms with van der Waals surface area (Å²) in [6, 6.07) is 7.35. The van der Waals surface area contributed by atoms with Crippen molar-refractivity contribution in [2.24, 2.45) is 0 Å². The first kappa shape index (κ1) is 23.2. The number of halogens is 2. The number of terminal acetylenes is 1. The molecule has 7 nitrogen and oxygen atoms in total. The second kappa shape index (κ2) is 8.78. The highest BCUT2D eigenvalue weighted by Gasteiger charge is 2.35. The van der Waals surface area contributed by atoms with Gasteiger partial charge in [0.25, 0.3) is 11.5 Å². The molecule has 0 bridgehead atoms. The van der Waals surface area contributed by atoms with Gasteiger partial charge < -0.3 is 15.3 Å². The van der Waals surface area contributed by atoms with E-state index in [1.165, 1.54) is 10.5 Å². The molecule has 1 aromatic carbocycles. The van der Waals surface area contributed by atoms with E-state index in [0.29, 0.717) is 22.6 Å². The first-order chi connectivity index (χ1) is 16.1. The van der Waals surface area contributed by atoms with Crippen molar-refractivity contribution in [3.05, 3.63) is 69.1 Å². The highest BCUT2D eigenvalue weighted by atomic mass is 19.3. The zero-order valence-corrected chi connectivity index (χ0v) is 18.8. The summed E-state index contributed by atoms with van der Waals surface area (Å²) in [6.07, 6.45) is 6.86. The number of aromatic carboxylic acids is 1. The first-order valence-electron chi connectivity index (χ1n) is 10.8. The molecule has 3 heterocycles. The number of piperidine rings is 1. The lowest BCUT2D eigenvalue weighted by Crippen LogP contribution is -2.41. The molecular formula is C25H24F2N4O3. The van der Waals surface area contributed by atoms with Crippen molar-refractivity contribution in [3.8, 4) is 12.3 Å². The fourth-order valence-corrected chi connectivity index (χ4v) is 4.21. The Kier molecular flexibility index (Phi) is 6.00. The van der Waals surface area contributed by atoms with E-state index < -0.39 is 17.9 Å². The van der Waals surface area contributed by atoms with Gasteiger partial charge in [0.05, 0.1) is 11.1 Å². The number of carboxylic acids is 1. The number of carboxylic acid groups (broad SMARTS) is 1. The Hall–Kier alpha value is -3.93. The zero-order chi connectivity index (χ0) is 24.6. The molecule has 9 heteroatoms. The van der Waals surface area contributed by atoms with Crippen molar-refractivity contribution < 1.29 is 18.7 Å². The number of hydrogen-bond acceptors (Lipinski definition) is 5.